The van der Waals surface area contributed by atoms with Gasteiger partial charge in [-0.2, -0.15) is 5.26 Å². The number of nitro benzene ring substituents is 1. The summed E-state index contributed by atoms with van der Waals surface area (Å²) < 4.78 is 5.42. The molecule has 3 aromatic rings. The number of nitro groups is 1. The number of nitrogens with one attached hydrogen (secondary N) is 1. The molecule has 0 saturated heterocycles. The first kappa shape index (κ1) is 18.7. The molecule has 4 N–H and O–H groups in total. The molecule has 0 fully saturated rings. The summed E-state index contributed by atoms with van der Waals surface area (Å²) in [5.41, 5.74) is 8.72. The van der Waals surface area contributed by atoms with Gasteiger partial charge in [-0.3, -0.25) is 15.8 Å². The van der Waals surface area contributed by atoms with E-state index in [2.05, 4.69) is 11.1 Å². The Labute approximate surface area is 160 Å². The van der Waals surface area contributed by atoms with Gasteiger partial charge >= 0.3 is 0 Å². The number of phenols is 1. The summed E-state index contributed by atoms with van der Waals surface area (Å²) in [6, 6.07) is 14.6. The second-order valence-electron chi connectivity index (χ2n) is 5.92. The Kier molecular flexibility index (Phi) is 5.09. The smallest absolute Gasteiger partial charge is 0.289 e. The first-order chi connectivity index (χ1) is 13.4. The van der Waals surface area contributed by atoms with Crippen molar-refractivity contribution in [3.8, 4) is 40.0 Å². The molecule has 1 heterocycles. The third kappa shape index (κ3) is 3.54. The molecule has 8 heteroatoms. The zero-order valence-corrected chi connectivity index (χ0v) is 15.0. The van der Waals surface area contributed by atoms with Crippen molar-refractivity contribution in [1.29, 1.82) is 5.26 Å². The number of hydrogen-bond acceptors (Lipinski definition) is 6. The molecular formula is C20H17N4O4+. The van der Waals surface area contributed by atoms with E-state index in [0.717, 1.165) is 0 Å². The largest absolute Gasteiger partial charge is 0.504 e. The molecule has 28 heavy (non-hydrogen) atoms. The predicted molar refractivity (Wildman–Crippen MR) is 102 cm³/mol. The third-order valence-electron chi connectivity index (χ3n) is 4.17. The van der Waals surface area contributed by atoms with E-state index >= 15 is 0 Å². The predicted octanol–water partition coefficient (Wildman–Crippen LogP) is 3.30. The fraction of sp³-hybridized carbons (Fsp3) is 0.100. The van der Waals surface area contributed by atoms with Crippen LogP contribution in [0.15, 0.2) is 48.5 Å². The molecule has 0 unspecified atom stereocenters. The monoisotopic (exact) mass is 377 g/mol. The standard InChI is InChI=1S/C20H16N4O4/c1-2-28-19-9-13(5-8-18(19)25)15-10-17(23-20(22)16(15)11-21)12-3-6-14(7-4-12)24(26)27/h3-10,25H,2H2,1H3,(H2,22,23)/p+1. The van der Waals surface area contributed by atoms with Crippen molar-refractivity contribution in [2.75, 3.05) is 12.3 Å². The second kappa shape index (κ2) is 7.63. The second-order valence-corrected chi connectivity index (χ2v) is 5.92. The Morgan fingerprint density at radius 2 is 1.89 bits per heavy atom. The Balaban J connectivity index is 2.15. The highest BCUT2D eigenvalue weighted by Crippen LogP contribution is 2.35. The van der Waals surface area contributed by atoms with Crippen LogP contribution >= 0.6 is 0 Å². The van der Waals surface area contributed by atoms with Gasteiger partial charge in [-0.15, -0.1) is 0 Å². The molecule has 0 aliphatic rings. The molecule has 2 aromatic carbocycles. The molecular weight excluding hydrogens is 360 g/mol. The maximum Gasteiger partial charge on any atom is 0.289 e. The Bertz CT molecular complexity index is 1090. The Morgan fingerprint density at radius 3 is 2.50 bits per heavy atom. The molecule has 1 aromatic heterocycles. The summed E-state index contributed by atoms with van der Waals surface area (Å²) in [5, 5.41) is 30.3. The highest BCUT2D eigenvalue weighted by atomic mass is 16.6. The van der Waals surface area contributed by atoms with Crippen LogP contribution in [-0.4, -0.2) is 16.6 Å². The minimum absolute atomic E-state index is 0.00448. The van der Waals surface area contributed by atoms with E-state index in [1.807, 2.05) is 0 Å². The van der Waals surface area contributed by atoms with Gasteiger partial charge in [0.15, 0.2) is 11.5 Å². The number of anilines is 1. The number of non-ortho nitro benzene ring substituents is 1. The molecule has 0 aliphatic carbocycles. The molecule has 0 atom stereocenters. The van der Waals surface area contributed by atoms with E-state index in [0.29, 0.717) is 34.7 Å². The van der Waals surface area contributed by atoms with Crippen molar-refractivity contribution in [2.45, 2.75) is 6.92 Å². The quantitative estimate of drug-likeness (QED) is 0.517. The average molecular weight is 377 g/mol. The number of ether oxygens (including phenoxy) is 1. The summed E-state index contributed by atoms with van der Waals surface area (Å²) >= 11 is 0. The zero-order valence-electron chi connectivity index (χ0n) is 15.0. The number of nitrogen functional groups attached to an aromatic ring is 1. The molecule has 140 valence electrons. The van der Waals surface area contributed by atoms with Gasteiger partial charge in [0.25, 0.3) is 11.5 Å². The first-order valence-electron chi connectivity index (χ1n) is 8.41. The van der Waals surface area contributed by atoms with Gasteiger partial charge in [-0.25, -0.2) is 4.98 Å². The SMILES string of the molecule is CCOc1cc(-c2cc(-c3ccc([N+](=O)[O-])cc3)[nH+]c(N)c2C#N)ccc1O. The fourth-order valence-electron chi connectivity index (χ4n) is 2.82. The highest BCUT2D eigenvalue weighted by molar-refractivity contribution is 5.79. The van der Waals surface area contributed by atoms with Gasteiger partial charge in [0.2, 0.25) is 0 Å². The summed E-state index contributed by atoms with van der Waals surface area (Å²) in [5.74, 6) is 0.460. The number of nitrogens with two attached hydrogens (primary N) is 1. The van der Waals surface area contributed by atoms with Crippen molar-refractivity contribution >= 4 is 11.5 Å². The van der Waals surface area contributed by atoms with Crippen LogP contribution in [0.1, 0.15) is 12.5 Å². The lowest BCUT2D eigenvalue weighted by molar-refractivity contribution is -0.384. The van der Waals surface area contributed by atoms with Crippen LogP contribution in [0.25, 0.3) is 22.4 Å². The molecule has 0 radical (unpaired) electrons. The van der Waals surface area contributed by atoms with Gasteiger partial charge in [0, 0.05) is 23.3 Å². The molecule has 0 spiro atoms. The molecule has 0 saturated carbocycles. The number of aromatic hydroxyl groups is 1. The summed E-state index contributed by atoms with van der Waals surface area (Å²) in [4.78, 5) is 13.3. The Hall–Kier alpha value is -4.12. The van der Waals surface area contributed by atoms with Crippen molar-refractivity contribution in [2.24, 2.45) is 0 Å². The maximum atomic E-state index is 10.8. The van der Waals surface area contributed by atoms with E-state index in [4.69, 9.17) is 10.5 Å². The molecule has 8 nitrogen and oxygen atoms in total. The lowest BCUT2D eigenvalue weighted by atomic mass is 9.98. The third-order valence-corrected chi connectivity index (χ3v) is 4.17. The molecule has 0 bridgehead atoms. The molecule has 3 rings (SSSR count). The van der Waals surface area contributed by atoms with Crippen LogP contribution in [0.2, 0.25) is 0 Å². The number of nitriles is 1. The minimum atomic E-state index is -0.474. The van der Waals surface area contributed by atoms with Crippen molar-refractivity contribution < 1.29 is 19.8 Å². The van der Waals surface area contributed by atoms with Crippen LogP contribution in [0, 0.1) is 21.4 Å². The Morgan fingerprint density at radius 1 is 1.21 bits per heavy atom. The number of benzene rings is 2. The number of rotatable bonds is 5. The number of aromatic nitrogens is 1. The van der Waals surface area contributed by atoms with Crippen molar-refractivity contribution in [3.63, 3.8) is 0 Å². The van der Waals surface area contributed by atoms with Crippen LogP contribution in [0.4, 0.5) is 11.5 Å². The van der Waals surface area contributed by atoms with Crippen LogP contribution in [0.3, 0.4) is 0 Å². The number of nitrogens with zero attached hydrogens (tertiary/aromatic N) is 2. The van der Waals surface area contributed by atoms with Gasteiger partial charge in [0.1, 0.15) is 17.3 Å². The van der Waals surface area contributed by atoms with E-state index in [9.17, 15) is 20.5 Å². The number of H-pyrrole nitrogens is 1. The highest BCUT2D eigenvalue weighted by Gasteiger charge is 2.19. The number of hydrogen-bond donors (Lipinski definition) is 2. The maximum absolute atomic E-state index is 10.8. The fourth-order valence-corrected chi connectivity index (χ4v) is 2.82. The average Bonchev–Trinajstić information content (AvgIpc) is 2.69. The topological polar surface area (TPSA) is 137 Å². The van der Waals surface area contributed by atoms with Crippen molar-refractivity contribution in [1.82, 2.24) is 0 Å². The van der Waals surface area contributed by atoms with Gasteiger partial charge in [-0.05, 0) is 42.8 Å². The van der Waals surface area contributed by atoms with Gasteiger partial charge < -0.3 is 9.84 Å². The van der Waals surface area contributed by atoms with Crippen LogP contribution in [-0.2, 0) is 0 Å². The van der Waals surface area contributed by atoms with Gasteiger partial charge in [0.05, 0.1) is 11.5 Å². The lowest BCUT2D eigenvalue weighted by Crippen LogP contribution is -2.16. The van der Waals surface area contributed by atoms with Crippen LogP contribution in [0.5, 0.6) is 11.5 Å². The molecule has 0 aliphatic heterocycles. The minimum Gasteiger partial charge on any atom is -0.504 e. The first-order valence-corrected chi connectivity index (χ1v) is 8.41. The number of pyridine rings is 1. The van der Waals surface area contributed by atoms with Crippen molar-refractivity contribution in [3.05, 3.63) is 64.2 Å². The van der Waals surface area contributed by atoms with E-state index in [1.165, 1.54) is 18.2 Å². The van der Waals surface area contributed by atoms with E-state index < -0.39 is 4.92 Å². The molecule has 0 amide bonds. The normalized spacial score (nSPS) is 10.3. The number of phenolic OH excluding ortho intramolecular Hbond substituents is 1. The van der Waals surface area contributed by atoms with Crippen LogP contribution < -0.4 is 15.5 Å². The summed E-state index contributed by atoms with van der Waals surface area (Å²) in [6.07, 6.45) is 0. The van der Waals surface area contributed by atoms with E-state index in [1.54, 1.807) is 37.3 Å². The zero-order chi connectivity index (χ0) is 20.3. The van der Waals surface area contributed by atoms with Gasteiger partial charge in [-0.1, -0.05) is 6.07 Å². The number of aromatic amines is 1. The summed E-state index contributed by atoms with van der Waals surface area (Å²) in [6.45, 7) is 2.18. The van der Waals surface area contributed by atoms with E-state index in [-0.39, 0.29) is 22.8 Å². The summed E-state index contributed by atoms with van der Waals surface area (Å²) in [7, 11) is 0. The lowest BCUT2D eigenvalue weighted by Gasteiger charge is -2.11.